The van der Waals surface area contributed by atoms with E-state index in [0.717, 1.165) is 49.6 Å². The predicted molar refractivity (Wildman–Crippen MR) is 202 cm³/mol. The molecular formula is C45H41NO2. The van der Waals surface area contributed by atoms with Crippen molar-refractivity contribution in [3.05, 3.63) is 126 Å². The van der Waals surface area contributed by atoms with Gasteiger partial charge in [-0.25, -0.2) is 4.98 Å². The van der Waals surface area contributed by atoms with Gasteiger partial charge in [0.1, 0.15) is 16.7 Å². The largest absolute Gasteiger partial charge is 0.455 e. The molecule has 0 amide bonds. The van der Waals surface area contributed by atoms with E-state index in [4.69, 9.17) is 13.8 Å². The highest BCUT2D eigenvalue weighted by Gasteiger charge is 2.24. The summed E-state index contributed by atoms with van der Waals surface area (Å²) in [7, 11) is 0. The number of hydrogen-bond donors (Lipinski definition) is 0. The van der Waals surface area contributed by atoms with E-state index < -0.39 is 0 Å². The summed E-state index contributed by atoms with van der Waals surface area (Å²) in [5.74, 6) is 1.20. The van der Waals surface area contributed by atoms with E-state index in [-0.39, 0.29) is 5.41 Å². The first kappa shape index (κ1) is 30.2. The van der Waals surface area contributed by atoms with Crippen LogP contribution in [0.3, 0.4) is 0 Å². The molecule has 0 aliphatic carbocycles. The van der Waals surface area contributed by atoms with Crippen LogP contribution < -0.4 is 0 Å². The van der Waals surface area contributed by atoms with Gasteiger partial charge in [-0.2, -0.15) is 0 Å². The number of rotatable bonds is 5. The molecule has 2 aromatic heterocycles. The van der Waals surface area contributed by atoms with Crippen molar-refractivity contribution in [1.82, 2.24) is 4.98 Å². The summed E-state index contributed by atoms with van der Waals surface area (Å²) >= 11 is 0. The third-order valence-corrected chi connectivity index (χ3v) is 9.81. The van der Waals surface area contributed by atoms with Gasteiger partial charge < -0.3 is 8.83 Å². The SMILES string of the molecule is CC(C)c1cc(-c2ccccc2)cc(C(C)C)c1-c1cccc2nc(-c3cccc4c3oc3c5cc(C(C)(C)C)ccc5ccc43)oc12. The van der Waals surface area contributed by atoms with Crippen molar-refractivity contribution in [2.24, 2.45) is 0 Å². The molecule has 238 valence electrons. The van der Waals surface area contributed by atoms with Gasteiger partial charge in [-0.15, -0.1) is 0 Å². The molecule has 48 heavy (non-hydrogen) atoms. The van der Waals surface area contributed by atoms with Crippen LogP contribution in [0, 0.1) is 0 Å². The van der Waals surface area contributed by atoms with Crippen molar-refractivity contribution in [1.29, 1.82) is 0 Å². The number of fused-ring (bicyclic) bond motifs is 6. The Morgan fingerprint density at radius 1 is 0.542 bits per heavy atom. The Labute approximate surface area is 282 Å². The molecular weight excluding hydrogens is 587 g/mol. The molecule has 0 spiro atoms. The van der Waals surface area contributed by atoms with Crippen molar-refractivity contribution in [2.45, 2.75) is 65.7 Å². The lowest BCUT2D eigenvalue weighted by atomic mass is 9.82. The highest BCUT2D eigenvalue weighted by molar-refractivity contribution is 6.17. The highest BCUT2D eigenvalue weighted by Crippen LogP contribution is 2.44. The molecule has 6 aromatic carbocycles. The molecule has 0 radical (unpaired) electrons. The molecule has 0 saturated heterocycles. The molecule has 0 N–H and O–H groups in total. The van der Waals surface area contributed by atoms with E-state index in [2.05, 4.69) is 158 Å². The zero-order valence-electron chi connectivity index (χ0n) is 28.8. The van der Waals surface area contributed by atoms with Crippen LogP contribution in [0.4, 0.5) is 0 Å². The first-order valence-electron chi connectivity index (χ1n) is 17.1. The van der Waals surface area contributed by atoms with Crippen molar-refractivity contribution in [2.75, 3.05) is 0 Å². The summed E-state index contributed by atoms with van der Waals surface area (Å²) in [5.41, 5.74) is 13.0. The van der Waals surface area contributed by atoms with Gasteiger partial charge in [-0.3, -0.25) is 0 Å². The topological polar surface area (TPSA) is 39.2 Å². The second-order valence-corrected chi connectivity index (χ2v) is 14.8. The van der Waals surface area contributed by atoms with Crippen LogP contribution in [0.5, 0.6) is 0 Å². The predicted octanol–water partition coefficient (Wildman–Crippen LogP) is 13.4. The van der Waals surface area contributed by atoms with Gasteiger partial charge in [0.25, 0.3) is 0 Å². The smallest absolute Gasteiger partial charge is 0.231 e. The van der Waals surface area contributed by atoms with Crippen LogP contribution in [0.2, 0.25) is 0 Å². The van der Waals surface area contributed by atoms with Gasteiger partial charge in [-0.05, 0) is 80.3 Å². The number of oxazole rings is 1. The summed E-state index contributed by atoms with van der Waals surface area (Å²) in [4.78, 5) is 5.09. The van der Waals surface area contributed by atoms with E-state index in [9.17, 15) is 0 Å². The molecule has 8 aromatic rings. The Kier molecular flexibility index (Phi) is 7.07. The average molecular weight is 628 g/mol. The first-order chi connectivity index (χ1) is 23.1. The maximum Gasteiger partial charge on any atom is 0.231 e. The Bertz CT molecular complexity index is 2460. The second kappa shape index (κ2) is 11.2. The zero-order valence-corrected chi connectivity index (χ0v) is 28.8. The first-order valence-corrected chi connectivity index (χ1v) is 17.1. The minimum atomic E-state index is 0.0379. The van der Waals surface area contributed by atoms with E-state index in [1.165, 1.54) is 38.8 Å². The quantitative estimate of drug-likeness (QED) is 0.191. The molecule has 3 nitrogen and oxygen atoms in total. The highest BCUT2D eigenvalue weighted by atomic mass is 16.4. The third kappa shape index (κ3) is 4.92. The molecule has 0 atom stereocenters. The summed E-state index contributed by atoms with van der Waals surface area (Å²) in [5, 5.41) is 4.46. The summed E-state index contributed by atoms with van der Waals surface area (Å²) < 4.78 is 13.6. The number of benzene rings is 6. The maximum absolute atomic E-state index is 6.81. The van der Waals surface area contributed by atoms with Crippen LogP contribution in [-0.4, -0.2) is 4.98 Å². The third-order valence-electron chi connectivity index (χ3n) is 9.81. The summed E-state index contributed by atoms with van der Waals surface area (Å²) in [6.45, 7) is 15.9. The number of para-hydroxylation sites is 2. The lowest BCUT2D eigenvalue weighted by Crippen LogP contribution is -2.10. The second-order valence-electron chi connectivity index (χ2n) is 14.8. The molecule has 0 saturated carbocycles. The molecule has 0 unspecified atom stereocenters. The van der Waals surface area contributed by atoms with Crippen LogP contribution >= 0.6 is 0 Å². The van der Waals surface area contributed by atoms with Crippen LogP contribution in [0.25, 0.3) is 77.5 Å². The molecule has 0 aliphatic heterocycles. The normalized spacial score (nSPS) is 12.4. The summed E-state index contributed by atoms with van der Waals surface area (Å²) in [6, 6.07) is 39.1. The van der Waals surface area contributed by atoms with Crippen molar-refractivity contribution < 1.29 is 8.83 Å². The molecule has 2 heterocycles. The molecule has 8 rings (SSSR count). The van der Waals surface area contributed by atoms with Crippen molar-refractivity contribution in [3.63, 3.8) is 0 Å². The zero-order chi connectivity index (χ0) is 33.3. The number of hydrogen-bond acceptors (Lipinski definition) is 3. The fourth-order valence-corrected chi connectivity index (χ4v) is 7.18. The van der Waals surface area contributed by atoms with E-state index >= 15 is 0 Å². The van der Waals surface area contributed by atoms with E-state index in [1.807, 2.05) is 0 Å². The molecule has 3 heteroatoms. The van der Waals surface area contributed by atoms with E-state index in [0.29, 0.717) is 17.7 Å². The lowest BCUT2D eigenvalue weighted by Gasteiger charge is -2.22. The molecule has 0 bridgehead atoms. The van der Waals surface area contributed by atoms with Crippen molar-refractivity contribution in [3.8, 4) is 33.7 Å². The van der Waals surface area contributed by atoms with Crippen LogP contribution in [-0.2, 0) is 5.41 Å². The standard InChI is InChI=1S/C45H41NO2/c1-26(2)36-23-30(28-13-9-8-10-14-28)24-37(27(3)4)40(36)34-16-12-18-39-43(34)48-44(46-39)35-17-11-15-32-33-22-20-29-19-21-31(45(5,6)7)25-38(29)42(33)47-41(32)35/h8-27H,1-7H3. The van der Waals surface area contributed by atoms with Gasteiger partial charge in [0.05, 0.1) is 5.56 Å². The molecule has 0 aliphatic rings. The Morgan fingerprint density at radius 3 is 1.92 bits per heavy atom. The van der Waals surface area contributed by atoms with Gasteiger partial charge >= 0.3 is 0 Å². The Morgan fingerprint density at radius 2 is 1.21 bits per heavy atom. The van der Waals surface area contributed by atoms with E-state index in [1.54, 1.807) is 0 Å². The monoisotopic (exact) mass is 627 g/mol. The Balaban J connectivity index is 1.34. The van der Waals surface area contributed by atoms with Crippen LogP contribution in [0.1, 0.15) is 77.0 Å². The van der Waals surface area contributed by atoms with Crippen molar-refractivity contribution >= 4 is 43.8 Å². The van der Waals surface area contributed by atoms with Crippen LogP contribution in [0.15, 0.2) is 118 Å². The average Bonchev–Trinajstić information content (AvgIpc) is 3.69. The summed E-state index contributed by atoms with van der Waals surface area (Å²) in [6.07, 6.45) is 0. The Hall–Kier alpha value is -5.15. The number of furan rings is 1. The maximum atomic E-state index is 6.81. The van der Waals surface area contributed by atoms with Gasteiger partial charge in [0, 0.05) is 21.7 Å². The fourth-order valence-electron chi connectivity index (χ4n) is 7.18. The van der Waals surface area contributed by atoms with Gasteiger partial charge in [0.2, 0.25) is 5.89 Å². The van der Waals surface area contributed by atoms with Gasteiger partial charge in [0.15, 0.2) is 5.58 Å². The number of nitrogens with zero attached hydrogens (tertiary/aromatic N) is 1. The minimum Gasteiger partial charge on any atom is -0.455 e. The van der Waals surface area contributed by atoms with Gasteiger partial charge in [-0.1, -0.05) is 133 Å². The molecule has 0 fully saturated rings. The minimum absolute atomic E-state index is 0.0379. The lowest BCUT2D eigenvalue weighted by molar-refractivity contribution is 0.591. The fraction of sp³-hybridized carbons (Fsp3) is 0.222. The number of aromatic nitrogens is 1.